The molecule has 0 aromatic rings. The number of esters is 2. The Labute approximate surface area is 403 Å². The first-order valence-electron chi connectivity index (χ1n) is 28.0. The van der Waals surface area contributed by atoms with E-state index in [4.69, 9.17) is 14.0 Å². The summed E-state index contributed by atoms with van der Waals surface area (Å²) in [4.78, 5) is 34.7. The Morgan fingerprint density at radius 2 is 0.692 bits per heavy atom. The van der Waals surface area contributed by atoms with Crippen molar-refractivity contribution in [2.45, 2.75) is 302 Å². The van der Waals surface area contributed by atoms with Crippen LogP contribution in [0.2, 0.25) is 0 Å². The first-order valence-corrected chi connectivity index (χ1v) is 29.5. The molecule has 0 aliphatic heterocycles. The largest absolute Gasteiger partial charge is 0.472 e. The molecule has 0 amide bonds. The summed E-state index contributed by atoms with van der Waals surface area (Å²) >= 11 is 0. The van der Waals surface area contributed by atoms with Crippen LogP contribution in [0.25, 0.3) is 0 Å². The molecule has 384 valence electrons. The molecular formula is C56H107O8P. The van der Waals surface area contributed by atoms with Crippen molar-refractivity contribution in [1.82, 2.24) is 0 Å². The summed E-state index contributed by atoms with van der Waals surface area (Å²) in [5, 5.41) is 0. The van der Waals surface area contributed by atoms with Crippen molar-refractivity contribution in [2.75, 3.05) is 20.3 Å². The molecule has 0 aliphatic rings. The fourth-order valence-corrected chi connectivity index (χ4v) is 8.82. The number of ether oxygens (including phenoxy) is 2. The summed E-state index contributed by atoms with van der Waals surface area (Å²) in [6.07, 6.45) is 62.5. The Morgan fingerprint density at radius 3 is 1.00 bits per heavy atom. The highest BCUT2D eigenvalue weighted by atomic mass is 31.2. The van der Waals surface area contributed by atoms with E-state index >= 15 is 0 Å². The lowest BCUT2D eigenvalue weighted by molar-refractivity contribution is -0.161. The van der Waals surface area contributed by atoms with Gasteiger partial charge in [0, 0.05) is 20.0 Å². The molecule has 0 spiro atoms. The Bertz CT molecular complexity index is 1110. The summed E-state index contributed by atoms with van der Waals surface area (Å²) in [6.45, 7) is 3.94. The predicted octanol–water partition coefficient (Wildman–Crippen LogP) is 18.5. The van der Waals surface area contributed by atoms with E-state index in [1.807, 2.05) is 0 Å². The maximum Gasteiger partial charge on any atom is 0.472 e. The van der Waals surface area contributed by atoms with Gasteiger partial charge < -0.3 is 14.4 Å². The zero-order valence-corrected chi connectivity index (χ0v) is 44.1. The van der Waals surface area contributed by atoms with Crippen molar-refractivity contribution < 1.29 is 37.6 Å². The second-order valence-corrected chi connectivity index (χ2v) is 20.6. The van der Waals surface area contributed by atoms with Crippen molar-refractivity contribution in [1.29, 1.82) is 0 Å². The number of hydrogen-bond acceptors (Lipinski definition) is 7. The number of carbonyl (C=O) groups excluding carboxylic acids is 2. The Hall–Kier alpha value is -1.47. The fourth-order valence-electron chi connectivity index (χ4n) is 8.36. The van der Waals surface area contributed by atoms with Crippen molar-refractivity contribution in [3.05, 3.63) is 24.3 Å². The van der Waals surface area contributed by atoms with E-state index in [-0.39, 0.29) is 19.0 Å². The molecular weight excluding hydrogens is 832 g/mol. The highest BCUT2D eigenvalue weighted by Crippen LogP contribution is 2.42. The molecule has 0 bridgehead atoms. The van der Waals surface area contributed by atoms with Gasteiger partial charge in [0.25, 0.3) is 0 Å². The lowest BCUT2D eigenvalue weighted by Crippen LogP contribution is -2.29. The van der Waals surface area contributed by atoms with Gasteiger partial charge in [-0.05, 0) is 64.2 Å². The summed E-state index contributed by atoms with van der Waals surface area (Å²) in [7, 11) is -3.20. The second kappa shape index (κ2) is 51.9. The van der Waals surface area contributed by atoms with Gasteiger partial charge in [0.2, 0.25) is 0 Å². The highest BCUT2D eigenvalue weighted by molar-refractivity contribution is 7.47. The van der Waals surface area contributed by atoms with Crippen LogP contribution in [0.1, 0.15) is 296 Å². The van der Waals surface area contributed by atoms with Gasteiger partial charge in [-0.25, -0.2) is 4.57 Å². The first-order chi connectivity index (χ1) is 31.8. The molecule has 0 aromatic heterocycles. The average Bonchev–Trinajstić information content (AvgIpc) is 3.30. The van der Waals surface area contributed by atoms with E-state index in [1.165, 1.54) is 231 Å². The van der Waals surface area contributed by atoms with Crippen molar-refractivity contribution >= 4 is 19.8 Å². The van der Waals surface area contributed by atoms with Gasteiger partial charge in [-0.3, -0.25) is 18.6 Å². The van der Waals surface area contributed by atoms with Crippen LogP contribution in [-0.4, -0.2) is 43.3 Å². The van der Waals surface area contributed by atoms with E-state index in [1.54, 1.807) is 0 Å². The van der Waals surface area contributed by atoms with Crippen molar-refractivity contribution in [3.63, 3.8) is 0 Å². The van der Waals surface area contributed by atoms with E-state index in [0.717, 1.165) is 39.2 Å². The lowest BCUT2D eigenvalue weighted by Gasteiger charge is -2.19. The minimum atomic E-state index is -4.27. The van der Waals surface area contributed by atoms with Gasteiger partial charge >= 0.3 is 19.8 Å². The topological polar surface area (TPSA) is 108 Å². The molecule has 8 nitrogen and oxygen atoms in total. The van der Waals surface area contributed by atoms with Crippen LogP contribution in [0.5, 0.6) is 0 Å². The Balaban J connectivity index is 3.83. The number of rotatable bonds is 53. The van der Waals surface area contributed by atoms with Crippen LogP contribution >= 0.6 is 7.82 Å². The van der Waals surface area contributed by atoms with E-state index in [9.17, 15) is 19.0 Å². The number of phosphoric acid groups is 1. The molecule has 0 saturated heterocycles. The number of hydrogen-bond donors (Lipinski definition) is 1. The summed E-state index contributed by atoms with van der Waals surface area (Å²) in [5.41, 5.74) is 0. The zero-order chi connectivity index (χ0) is 47.4. The highest BCUT2D eigenvalue weighted by Gasteiger charge is 2.24. The van der Waals surface area contributed by atoms with Gasteiger partial charge in [0.15, 0.2) is 6.10 Å². The number of phosphoric ester groups is 1. The second-order valence-electron chi connectivity index (χ2n) is 19.1. The van der Waals surface area contributed by atoms with Crippen LogP contribution in [0.4, 0.5) is 0 Å². The number of unbranched alkanes of at least 4 members (excludes halogenated alkanes) is 38. The zero-order valence-electron chi connectivity index (χ0n) is 43.2. The van der Waals surface area contributed by atoms with E-state index in [2.05, 4.69) is 42.7 Å². The van der Waals surface area contributed by atoms with E-state index in [0.29, 0.717) is 12.8 Å². The van der Waals surface area contributed by atoms with Crippen LogP contribution in [-0.2, 0) is 32.7 Å². The number of allylic oxidation sites excluding steroid dienone is 4. The molecule has 0 aliphatic carbocycles. The third kappa shape index (κ3) is 51.8. The van der Waals surface area contributed by atoms with Crippen LogP contribution in [0, 0.1) is 0 Å². The Morgan fingerprint density at radius 1 is 0.415 bits per heavy atom. The minimum absolute atomic E-state index is 0.221. The van der Waals surface area contributed by atoms with Gasteiger partial charge in [-0.15, -0.1) is 0 Å². The monoisotopic (exact) mass is 939 g/mol. The molecule has 0 fully saturated rings. The molecule has 1 N–H and O–H groups in total. The molecule has 2 unspecified atom stereocenters. The maximum absolute atomic E-state index is 12.6. The third-order valence-corrected chi connectivity index (χ3v) is 13.6. The molecule has 0 aromatic carbocycles. The summed E-state index contributed by atoms with van der Waals surface area (Å²) < 4.78 is 32.2. The van der Waals surface area contributed by atoms with Crippen molar-refractivity contribution in [3.8, 4) is 0 Å². The maximum atomic E-state index is 12.6. The summed E-state index contributed by atoms with van der Waals surface area (Å²) in [5.74, 6) is -0.790. The third-order valence-electron chi connectivity index (χ3n) is 12.7. The van der Waals surface area contributed by atoms with E-state index < -0.39 is 26.5 Å². The first kappa shape index (κ1) is 63.5. The normalized spacial score (nSPS) is 13.2. The quantitative estimate of drug-likeness (QED) is 0.0278. The van der Waals surface area contributed by atoms with Gasteiger partial charge in [0.1, 0.15) is 6.61 Å². The molecule has 0 saturated carbocycles. The Kier molecular flexibility index (Phi) is 50.7. The standard InChI is InChI=1S/C56H107O8P/c1-4-6-8-10-12-14-16-18-20-22-24-26-28-30-32-34-36-38-40-42-44-46-48-50-55(57)62-52-54(53-63-65(59,60)61-3)64-56(58)51-49-47-45-43-41-39-37-35-33-31-29-27-25-23-21-19-17-15-13-11-9-7-5-2/h22-25,54H,4-21,26-53H2,1-3H3,(H,59,60)/b24-22-,25-23-. The fraction of sp³-hybridized carbons (Fsp3) is 0.893. The predicted molar refractivity (Wildman–Crippen MR) is 276 cm³/mol. The number of carbonyl (C=O) groups is 2. The van der Waals surface area contributed by atoms with Crippen LogP contribution in [0.3, 0.4) is 0 Å². The SMILES string of the molecule is CCCCCCCCCC/C=C\CCCCCCCCCCCCCC(=O)OCC(COP(=O)(O)OC)OC(=O)CCCCCCCCCCCCC/C=C\CCCCCCCCCC. The van der Waals surface area contributed by atoms with Crippen LogP contribution < -0.4 is 0 Å². The van der Waals surface area contributed by atoms with Crippen LogP contribution in [0.15, 0.2) is 24.3 Å². The lowest BCUT2D eigenvalue weighted by atomic mass is 10.0. The van der Waals surface area contributed by atoms with Gasteiger partial charge in [-0.2, -0.15) is 0 Å². The van der Waals surface area contributed by atoms with Gasteiger partial charge in [-0.1, -0.05) is 244 Å². The van der Waals surface area contributed by atoms with Crippen molar-refractivity contribution in [2.24, 2.45) is 0 Å². The smallest absolute Gasteiger partial charge is 0.462 e. The van der Waals surface area contributed by atoms with Gasteiger partial charge in [0.05, 0.1) is 6.61 Å². The molecule has 0 heterocycles. The molecule has 65 heavy (non-hydrogen) atoms. The minimum Gasteiger partial charge on any atom is -0.462 e. The average molecular weight is 939 g/mol. The molecule has 9 heteroatoms. The summed E-state index contributed by atoms with van der Waals surface area (Å²) in [6, 6.07) is 0. The molecule has 0 rings (SSSR count). The molecule has 2 atom stereocenters. The molecule has 0 radical (unpaired) electrons.